The van der Waals surface area contributed by atoms with Crippen molar-refractivity contribution in [2.45, 2.75) is 13.3 Å². The fraction of sp³-hybridized carbons (Fsp3) is 0.286. The Kier molecular flexibility index (Phi) is 6.03. The molecule has 0 unspecified atom stereocenters. The van der Waals surface area contributed by atoms with Crippen LogP contribution in [-0.4, -0.2) is 23.8 Å². The summed E-state index contributed by atoms with van der Waals surface area (Å²) in [5.74, 6) is 6.39. The SMILES string of the molecule is CNC(=O)Cc1ccc(C#CCSC(C)=O)cc1. The molecule has 0 saturated heterocycles. The molecule has 0 saturated carbocycles. The van der Waals surface area contributed by atoms with E-state index in [1.807, 2.05) is 24.3 Å². The monoisotopic (exact) mass is 261 g/mol. The van der Waals surface area contributed by atoms with Crippen LogP contribution in [0.4, 0.5) is 0 Å². The predicted molar refractivity (Wildman–Crippen MR) is 74.2 cm³/mol. The number of carbonyl (C=O) groups is 2. The molecule has 0 aliphatic heterocycles. The maximum absolute atomic E-state index is 11.2. The normalized spacial score (nSPS) is 9.22. The largest absolute Gasteiger partial charge is 0.359 e. The smallest absolute Gasteiger partial charge is 0.224 e. The zero-order chi connectivity index (χ0) is 13.4. The van der Waals surface area contributed by atoms with Gasteiger partial charge in [-0.3, -0.25) is 9.59 Å². The average molecular weight is 261 g/mol. The summed E-state index contributed by atoms with van der Waals surface area (Å²) in [7, 11) is 1.62. The topological polar surface area (TPSA) is 46.2 Å². The van der Waals surface area contributed by atoms with Crippen LogP contribution in [0.2, 0.25) is 0 Å². The van der Waals surface area contributed by atoms with Gasteiger partial charge in [-0.05, 0) is 17.7 Å². The third-order valence-corrected chi connectivity index (χ3v) is 2.87. The van der Waals surface area contributed by atoms with Crippen LogP contribution < -0.4 is 5.32 Å². The van der Waals surface area contributed by atoms with Crippen molar-refractivity contribution in [3.05, 3.63) is 35.4 Å². The molecule has 0 fully saturated rings. The predicted octanol–water partition coefficient (Wildman–Crippen LogP) is 1.61. The second-order valence-corrected chi connectivity index (χ2v) is 4.78. The first-order valence-corrected chi connectivity index (χ1v) is 6.52. The number of carbonyl (C=O) groups excluding carboxylic acids is 2. The van der Waals surface area contributed by atoms with Gasteiger partial charge in [0.05, 0.1) is 12.2 Å². The molecule has 1 aromatic rings. The van der Waals surface area contributed by atoms with E-state index in [9.17, 15) is 9.59 Å². The number of rotatable bonds is 3. The van der Waals surface area contributed by atoms with Crippen LogP contribution in [0, 0.1) is 11.8 Å². The first-order valence-electron chi connectivity index (χ1n) is 5.53. The van der Waals surface area contributed by atoms with E-state index in [1.54, 1.807) is 7.05 Å². The highest BCUT2D eigenvalue weighted by Gasteiger charge is 1.99. The first-order chi connectivity index (χ1) is 8.61. The fourth-order valence-corrected chi connectivity index (χ4v) is 1.60. The van der Waals surface area contributed by atoms with Gasteiger partial charge in [0.2, 0.25) is 5.91 Å². The summed E-state index contributed by atoms with van der Waals surface area (Å²) in [5.41, 5.74) is 1.85. The molecule has 1 N–H and O–H groups in total. The maximum atomic E-state index is 11.2. The quantitative estimate of drug-likeness (QED) is 0.841. The van der Waals surface area contributed by atoms with Crippen molar-refractivity contribution in [3.63, 3.8) is 0 Å². The molecule has 3 nitrogen and oxygen atoms in total. The lowest BCUT2D eigenvalue weighted by molar-refractivity contribution is -0.120. The molecule has 0 spiro atoms. The molecule has 0 radical (unpaired) electrons. The summed E-state index contributed by atoms with van der Waals surface area (Å²) < 4.78 is 0. The summed E-state index contributed by atoms with van der Waals surface area (Å²) in [6.45, 7) is 1.53. The van der Waals surface area contributed by atoms with E-state index in [0.717, 1.165) is 11.1 Å². The maximum Gasteiger partial charge on any atom is 0.224 e. The zero-order valence-electron chi connectivity index (χ0n) is 10.4. The summed E-state index contributed by atoms with van der Waals surface area (Å²) in [5, 5.41) is 2.65. The van der Waals surface area contributed by atoms with Gasteiger partial charge in [-0.15, -0.1) is 0 Å². The van der Waals surface area contributed by atoms with Gasteiger partial charge >= 0.3 is 0 Å². The third-order valence-electron chi connectivity index (χ3n) is 2.18. The number of likely N-dealkylation sites (N-methyl/N-ethyl adjacent to an activating group) is 1. The highest BCUT2D eigenvalue weighted by molar-refractivity contribution is 8.13. The van der Waals surface area contributed by atoms with E-state index in [4.69, 9.17) is 0 Å². The number of thioether (sulfide) groups is 1. The number of nitrogens with one attached hydrogen (secondary N) is 1. The lowest BCUT2D eigenvalue weighted by Gasteiger charge is -2.00. The molecular formula is C14H15NO2S. The highest BCUT2D eigenvalue weighted by Crippen LogP contribution is 2.04. The summed E-state index contributed by atoms with van der Waals surface area (Å²) in [4.78, 5) is 21.9. The molecule has 1 aromatic carbocycles. The second-order valence-electron chi connectivity index (χ2n) is 3.63. The molecule has 1 rings (SSSR count). The van der Waals surface area contributed by atoms with Crippen molar-refractivity contribution in [1.29, 1.82) is 0 Å². The molecule has 4 heteroatoms. The minimum absolute atomic E-state index is 0.00769. The molecule has 0 heterocycles. The van der Waals surface area contributed by atoms with Crippen molar-refractivity contribution in [3.8, 4) is 11.8 Å². The Morgan fingerprint density at radius 1 is 1.28 bits per heavy atom. The summed E-state index contributed by atoms with van der Waals surface area (Å²) in [6, 6.07) is 7.53. The van der Waals surface area contributed by atoms with Crippen molar-refractivity contribution >= 4 is 22.8 Å². The van der Waals surface area contributed by atoms with Gasteiger partial charge in [-0.2, -0.15) is 0 Å². The van der Waals surface area contributed by atoms with Crippen molar-refractivity contribution in [2.75, 3.05) is 12.8 Å². The van der Waals surface area contributed by atoms with Gasteiger partial charge in [0.15, 0.2) is 5.12 Å². The molecule has 18 heavy (non-hydrogen) atoms. The zero-order valence-corrected chi connectivity index (χ0v) is 11.3. The fourth-order valence-electron chi connectivity index (χ4n) is 1.26. The highest BCUT2D eigenvalue weighted by atomic mass is 32.2. The molecule has 1 amide bonds. The molecule has 0 aliphatic rings. The van der Waals surface area contributed by atoms with Gasteiger partial charge in [0.1, 0.15) is 0 Å². The van der Waals surface area contributed by atoms with Gasteiger partial charge in [0.25, 0.3) is 0 Å². The van der Waals surface area contributed by atoms with Crippen LogP contribution in [0.25, 0.3) is 0 Å². The minimum atomic E-state index is -0.00769. The van der Waals surface area contributed by atoms with Crippen LogP contribution in [0.3, 0.4) is 0 Å². The van der Waals surface area contributed by atoms with Crippen LogP contribution in [0.5, 0.6) is 0 Å². The Morgan fingerprint density at radius 2 is 1.94 bits per heavy atom. The van der Waals surface area contributed by atoms with Gasteiger partial charge in [0, 0.05) is 19.5 Å². The lowest BCUT2D eigenvalue weighted by Crippen LogP contribution is -2.19. The number of amides is 1. The molecular weight excluding hydrogens is 246 g/mol. The molecule has 0 aromatic heterocycles. The Morgan fingerprint density at radius 3 is 2.50 bits per heavy atom. The van der Waals surface area contributed by atoms with E-state index < -0.39 is 0 Å². The van der Waals surface area contributed by atoms with Gasteiger partial charge in [-0.25, -0.2) is 0 Å². The Bertz CT molecular complexity index is 483. The molecule has 0 bridgehead atoms. The van der Waals surface area contributed by atoms with E-state index in [2.05, 4.69) is 17.2 Å². The number of hydrogen-bond donors (Lipinski definition) is 1. The van der Waals surface area contributed by atoms with E-state index in [1.165, 1.54) is 18.7 Å². The number of benzene rings is 1. The molecule has 0 atom stereocenters. The van der Waals surface area contributed by atoms with Crippen LogP contribution >= 0.6 is 11.8 Å². The van der Waals surface area contributed by atoms with E-state index in [0.29, 0.717) is 12.2 Å². The van der Waals surface area contributed by atoms with E-state index in [-0.39, 0.29) is 11.0 Å². The minimum Gasteiger partial charge on any atom is -0.359 e. The summed E-state index contributed by atoms with van der Waals surface area (Å²) in [6.07, 6.45) is 0.379. The van der Waals surface area contributed by atoms with Gasteiger partial charge < -0.3 is 5.32 Å². The van der Waals surface area contributed by atoms with Crippen LogP contribution in [-0.2, 0) is 16.0 Å². The van der Waals surface area contributed by atoms with Crippen LogP contribution in [0.15, 0.2) is 24.3 Å². The standard InChI is InChI=1S/C14H15NO2S/c1-11(16)18-9-3-4-12-5-7-13(8-6-12)10-14(17)15-2/h5-8H,9-10H2,1-2H3,(H,15,17). The van der Waals surface area contributed by atoms with Gasteiger partial charge in [-0.1, -0.05) is 35.7 Å². The average Bonchev–Trinajstić information content (AvgIpc) is 2.36. The summed E-state index contributed by atoms with van der Waals surface area (Å²) >= 11 is 1.20. The van der Waals surface area contributed by atoms with Crippen LogP contribution in [0.1, 0.15) is 18.1 Å². The second kappa shape index (κ2) is 7.57. The molecule has 94 valence electrons. The Hall–Kier alpha value is -1.73. The van der Waals surface area contributed by atoms with Crippen molar-refractivity contribution in [1.82, 2.24) is 5.32 Å². The first kappa shape index (κ1) is 14.3. The Balaban J connectivity index is 2.54. The molecule has 0 aliphatic carbocycles. The Labute approximate surface area is 111 Å². The van der Waals surface area contributed by atoms with Crippen molar-refractivity contribution in [2.24, 2.45) is 0 Å². The van der Waals surface area contributed by atoms with E-state index >= 15 is 0 Å². The third kappa shape index (κ3) is 5.55. The number of hydrogen-bond acceptors (Lipinski definition) is 3. The van der Waals surface area contributed by atoms with Crippen molar-refractivity contribution < 1.29 is 9.59 Å². The lowest BCUT2D eigenvalue weighted by atomic mass is 10.1.